The molecule has 1 aromatic heterocycles. The summed E-state index contributed by atoms with van der Waals surface area (Å²) < 4.78 is 80.1. The first-order chi connectivity index (χ1) is 16.5. The first kappa shape index (κ1) is 28.1. The van der Waals surface area contributed by atoms with Gasteiger partial charge in [-0.05, 0) is 30.7 Å². The molecule has 1 aromatic carbocycles. The molecular formula is C22H26F3N3O6S. The number of benzene rings is 1. The summed E-state index contributed by atoms with van der Waals surface area (Å²) in [6.45, 7) is 2.47. The van der Waals surface area contributed by atoms with Gasteiger partial charge in [0.1, 0.15) is 18.1 Å². The lowest BCUT2D eigenvalue weighted by atomic mass is 10.1. The predicted octanol–water partition coefficient (Wildman–Crippen LogP) is 3.96. The van der Waals surface area contributed by atoms with Crippen molar-refractivity contribution in [3.05, 3.63) is 47.7 Å². The van der Waals surface area contributed by atoms with E-state index in [0.29, 0.717) is 30.4 Å². The minimum atomic E-state index is -4.65. The molecule has 1 N–H and O–H groups in total. The Labute approximate surface area is 201 Å². The Morgan fingerprint density at radius 3 is 2.51 bits per heavy atom. The lowest BCUT2D eigenvalue weighted by molar-refractivity contribution is -0.141. The second-order valence-corrected chi connectivity index (χ2v) is 9.07. The number of methoxy groups -OCH3 is 1. The Morgan fingerprint density at radius 2 is 1.89 bits per heavy atom. The molecule has 1 heterocycles. The molecule has 0 bridgehead atoms. The minimum absolute atomic E-state index is 0.0869. The number of nitrogens with one attached hydrogen (secondary N) is 1. The van der Waals surface area contributed by atoms with E-state index < -0.39 is 27.8 Å². The fourth-order valence-corrected chi connectivity index (χ4v) is 3.72. The molecule has 9 nitrogen and oxygen atoms in total. The smallest absolute Gasteiger partial charge is 0.435 e. The van der Waals surface area contributed by atoms with E-state index in [9.17, 15) is 26.4 Å². The molecule has 0 atom stereocenters. The van der Waals surface area contributed by atoms with Gasteiger partial charge in [0.2, 0.25) is 15.9 Å². The third-order valence-corrected chi connectivity index (χ3v) is 5.71. The molecule has 35 heavy (non-hydrogen) atoms. The molecule has 0 radical (unpaired) electrons. The van der Waals surface area contributed by atoms with E-state index in [0.717, 1.165) is 25.0 Å². The van der Waals surface area contributed by atoms with Crippen LogP contribution in [0.4, 0.5) is 13.2 Å². The quantitative estimate of drug-likeness (QED) is 0.314. The van der Waals surface area contributed by atoms with Crippen LogP contribution < -0.4 is 14.2 Å². The van der Waals surface area contributed by atoms with Gasteiger partial charge < -0.3 is 14.2 Å². The zero-order chi connectivity index (χ0) is 25.9. The van der Waals surface area contributed by atoms with Crippen LogP contribution in [0, 0.1) is 0 Å². The Bertz CT molecular complexity index is 1110. The van der Waals surface area contributed by atoms with Crippen LogP contribution in [0.3, 0.4) is 0 Å². The maximum absolute atomic E-state index is 12.7. The van der Waals surface area contributed by atoms with E-state index >= 15 is 0 Å². The molecular weight excluding hydrogens is 491 g/mol. The third kappa shape index (κ3) is 9.91. The lowest BCUT2D eigenvalue weighted by Gasteiger charge is -2.12. The van der Waals surface area contributed by atoms with Gasteiger partial charge in [-0.3, -0.25) is 4.79 Å². The highest BCUT2D eigenvalue weighted by molar-refractivity contribution is 7.90. The van der Waals surface area contributed by atoms with Crippen LogP contribution in [-0.4, -0.2) is 50.6 Å². The van der Waals surface area contributed by atoms with Crippen LogP contribution >= 0.6 is 0 Å². The third-order valence-electron chi connectivity index (χ3n) is 4.37. The molecule has 13 heteroatoms. The maximum atomic E-state index is 12.7. The number of aromatic nitrogens is 2. The standard InChI is InChI=1S/C22H26F3N3O6S/c1-3-4-5-14-35(30,31)28-20(29)10-7-16-6-8-17(33-13-12-32-2)15-18(16)34-21-11-9-19(26-27-21)22(23,24)25/h6-11,15H,3-5,12-14H2,1-2H3,(H,28,29). The van der Waals surface area contributed by atoms with Gasteiger partial charge in [-0.15, -0.1) is 10.2 Å². The molecule has 0 aliphatic rings. The molecule has 0 spiro atoms. The van der Waals surface area contributed by atoms with Gasteiger partial charge in [0, 0.05) is 30.9 Å². The average molecular weight is 518 g/mol. The number of unbranched alkanes of at least 4 members (excludes halogenated alkanes) is 2. The number of amides is 1. The molecule has 0 aliphatic carbocycles. The molecule has 1 amide bonds. The van der Waals surface area contributed by atoms with Gasteiger partial charge in [-0.25, -0.2) is 13.1 Å². The summed E-state index contributed by atoms with van der Waals surface area (Å²) in [5, 5.41) is 6.54. The van der Waals surface area contributed by atoms with E-state index in [1.54, 1.807) is 6.07 Å². The first-order valence-electron chi connectivity index (χ1n) is 10.6. The maximum Gasteiger partial charge on any atom is 0.435 e. The SMILES string of the molecule is CCCCCS(=O)(=O)NC(=O)C=Cc1ccc(OCCOC)cc1Oc1ccc(C(F)(F)F)nn1. The van der Waals surface area contributed by atoms with Crippen LogP contribution in [-0.2, 0) is 25.7 Å². The number of alkyl halides is 3. The first-order valence-corrected chi connectivity index (χ1v) is 12.3. The number of sulfonamides is 1. The largest absolute Gasteiger partial charge is 0.491 e. The predicted molar refractivity (Wildman–Crippen MR) is 121 cm³/mol. The number of halogens is 3. The molecule has 0 fully saturated rings. The summed E-state index contributed by atoms with van der Waals surface area (Å²) in [6.07, 6.45) is -0.373. The number of hydrogen-bond acceptors (Lipinski definition) is 8. The van der Waals surface area contributed by atoms with Crippen LogP contribution in [0.5, 0.6) is 17.4 Å². The van der Waals surface area contributed by atoms with Gasteiger partial charge in [0.15, 0.2) is 5.69 Å². The second-order valence-electron chi connectivity index (χ2n) is 7.22. The number of carbonyl (C=O) groups excluding carboxylic acids is 1. The number of rotatable bonds is 13. The van der Waals surface area contributed by atoms with E-state index in [-0.39, 0.29) is 24.0 Å². The van der Waals surface area contributed by atoms with Crippen molar-refractivity contribution in [3.63, 3.8) is 0 Å². The molecule has 192 valence electrons. The fourth-order valence-electron chi connectivity index (χ4n) is 2.66. The van der Waals surface area contributed by atoms with E-state index in [2.05, 4.69) is 10.2 Å². The van der Waals surface area contributed by atoms with E-state index in [1.165, 1.54) is 25.3 Å². The van der Waals surface area contributed by atoms with Crippen LogP contribution in [0.1, 0.15) is 37.4 Å². The van der Waals surface area contributed by atoms with Crippen molar-refractivity contribution in [2.75, 3.05) is 26.1 Å². The Hall–Kier alpha value is -3.19. The van der Waals surface area contributed by atoms with Gasteiger partial charge in [-0.1, -0.05) is 19.8 Å². The topological polar surface area (TPSA) is 117 Å². The molecule has 2 rings (SSSR count). The monoisotopic (exact) mass is 517 g/mol. The molecule has 0 saturated heterocycles. The van der Waals surface area contributed by atoms with Crippen molar-refractivity contribution in [1.82, 2.24) is 14.9 Å². The summed E-state index contributed by atoms with van der Waals surface area (Å²) in [5.41, 5.74) is -0.872. The molecule has 0 unspecified atom stereocenters. The van der Waals surface area contributed by atoms with Crippen LogP contribution in [0.15, 0.2) is 36.4 Å². The molecule has 2 aromatic rings. The van der Waals surface area contributed by atoms with E-state index in [4.69, 9.17) is 14.2 Å². The molecule has 0 saturated carbocycles. The van der Waals surface area contributed by atoms with Gasteiger partial charge >= 0.3 is 6.18 Å². The fraction of sp³-hybridized carbons (Fsp3) is 0.409. The van der Waals surface area contributed by atoms with Gasteiger partial charge in [0.05, 0.1) is 12.4 Å². The Balaban J connectivity index is 2.22. The summed E-state index contributed by atoms with van der Waals surface area (Å²) >= 11 is 0. The van der Waals surface area contributed by atoms with Crippen LogP contribution in [0.25, 0.3) is 6.08 Å². The van der Waals surface area contributed by atoms with Gasteiger partial charge in [-0.2, -0.15) is 13.2 Å². The normalized spacial score (nSPS) is 12.0. The van der Waals surface area contributed by atoms with E-state index in [1.807, 2.05) is 11.6 Å². The zero-order valence-electron chi connectivity index (χ0n) is 19.2. The van der Waals surface area contributed by atoms with Crippen molar-refractivity contribution in [1.29, 1.82) is 0 Å². The number of carbonyl (C=O) groups is 1. The zero-order valence-corrected chi connectivity index (χ0v) is 20.0. The van der Waals surface area contributed by atoms with Crippen molar-refractivity contribution < 1.29 is 40.6 Å². The van der Waals surface area contributed by atoms with Crippen molar-refractivity contribution in [3.8, 4) is 17.4 Å². The van der Waals surface area contributed by atoms with Crippen molar-refractivity contribution in [2.24, 2.45) is 0 Å². The lowest BCUT2D eigenvalue weighted by Crippen LogP contribution is -2.31. The van der Waals surface area contributed by atoms with Crippen molar-refractivity contribution in [2.45, 2.75) is 32.4 Å². The number of ether oxygens (including phenoxy) is 3. The number of hydrogen-bond donors (Lipinski definition) is 1. The highest BCUT2D eigenvalue weighted by Crippen LogP contribution is 2.31. The molecule has 0 aliphatic heterocycles. The number of nitrogens with zero attached hydrogens (tertiary/aromatic N) is 2. The summed E-state index contributed by atoms with van der Waals surface area (Å²) in [4.78, 5) is 12.1. The highest BCUT2D eigenvalue weighted by Gasteiger charge is 2.33. The Kier molecular flexibility index (Phi) is 10.5. The summed E-state index contributed by atoms with van der Waals surface area (Å²) in [6, 6.07) is 6.24. The van der Waals surface area contributed by atoms with Gasteiger partial charge in [0.25, 0.3) is 5.91 Å². The second kappa shape index (κ2) is 13.0. The highest BCUT2D eigenvalue weighted by atomic mass is 32.2. The van der Waals surface area contributed by atoms with Crippen molar-refractivity contribution >= 4 is 22.0 Å². The van der Waals surface area contributed by atoms with Crippen LogP contribution in [0.2, 0.25) is 0 Å². The summed E-state index contributed by atoms with van der Waals surface area (Å²) in [7, 11) is -2.27. The summed E-state index contributed by atoms with van der Waals surface area (Å²) in [5.74, 6) is -0.817. The Morgan fingerprint density at radius 1 is 1.11 bits per heavy atom. The average Bonchev–Trinajstić information content (AvgIpc) is 2.78. The minimum Gasteiger partial charge on any atom is -0.491 e.